The Kier molecular flexibility index (Phi) is 6.28. The number of β-amino-alcohol motifs (C(OH)–C–C–N with tert-alkyl or cyclic N) is 1. The molecule has 2 bridgehead atoms. The Bertz CT molecular complexity index is 494. The summed E-state index contributed by atoms with van der Waals surface area (Å²) in [6.07, 6.45) is 3.48. The van der Waals surface area contributed by atoms with Crippen molar-refractivity contribution in [2.45, 2.75) is 63.9 Å². The number of hydrogen-bond donors (Lipinski definition) is 1. The molecule has 2 heterocycles. The summed E-state index contributed by atoms with van der Waals surface area (Å²) in [6.45, 7) is 8.52. The highest BCUT2D eigenvalue weighted by Crippen LogP contribution is 2.31. The molecule has 134 valence electrons. The van der Waals surface area contributed by atoms with E-state index >= 15 is 0 Å². The zero-order chi connectivity index (χ0) is 16.9. The second-order valence-electron chi connectivity index (χ2n) is 7.63. The average molecular weight is 332 g/mol. The SMILES string of the molecule is CC(C)N1C2CCC1CN(CC(O)COCc1ccccc1)CC2. The van der Waals surface area contributed by atoms with Crippen molar-refractivity contribution in [2.24, 2.45) is 0 Å². The van der Waals surface area contributed by atoms with Gasteiger partial charge < -0.3 is 9.84 Å². The lowest BCUT2D eigenvalue weighted by molar-refractivity contribution is 0.00830. The summed E-state index contributed by atoms with van der Waals surface area (Å²) in [5.74, 6) is 0. The molecule has 2 fully saturated rings. The van der Waals surface area contributed by atoms with Crippen molar-refractivity contribution in [3.05, 3.63) is 35.9 Å². The Hall–Kier alpha value is -0.940. The zero-order valence-corrected chi connectivity index (χ0v) is 15.1. The van der Waals surface area contributed by atoms with E-state index in [0.717, 1.165) is 31.2 Å². The molecule has 0 radical (unpaired) electrons. The second-order valence-corrected chi connectivity index (χ2v) is 7.63. The number of rotatable bonds is 7. The molecule has 1 aromatic rings. The van der Waals surface area contributed by atoms with Crippen LogP contribution in [-0.4, -0.2) is 65.4 Å². The fourth-order valence-electron chi connectivity index (χ4n) is 4.43. The maximum Gasteiger partial charge on any atom is 0.0900 e. The fourth-order valence-corrected chi connectivity index (χ4v) is 4.43. The summed E-state index contributed by atoms with van der Waals surface area (Å²) >= 11 is 0. The van der Waals surface area contributed by atoms with Gasteiger partial charge in [-0.2, -0.15) is 0 Å². The summed E-state index contributed by atoms with van der Waals surface area (Å²) in [4.78, 5) is 5.15. The highest BCUT2D eigenvalue weighted by molar-refractivity contribution is 5.13. The van der Waals surface area contributed by atoms with Gasteiger partial charge in [0.1, 0.15) is 0 Å². The van der Waals surface area contributed by atoms with Crippen molar-refractivity contribution in [3.63, 3.8) is 0 Å². The van der Waals surface area contributed by atoms with Crippen molar-refractivity contribution in [3.8, 4) is 0 Å². The minimum Gasteiger partial charge on any atom is -0.389 e. The third-order valence-electron chi connectivity index (χ3n) is 5.41. The van der Waals surface area contributed by atoms with Crippen LogP contribution in [0.5, 0.6) is 0 Å². The first-order valence-electron chi connectivity index (χ1n) is 9.43. The highest BCUT2D eigenvalue weighted by atomic mass is 16.5. The van der Waals surface area contributed by atoms with Gasteiger partial charge in [0, 0.05) is 31.2 Å². The van der Waals surface area contributed by atoms with Crippen LogP contribution in [-0.2, 0) is 11.3 Å². The summed E-state index contributed by atoms with van der Waals surface area (Å²) < 4.78 is 5.69. The monoisotopic (exact) mass is 332 g/mol. The molecule has 4 nitrogen and oxygen atoms in total. The highest BCUT2D eigenvalue weighted by Gasteiger charge is 2.38. The largest absolute Gasteiger partial charge is 0.389 e. The van der Waals surface area contributed by atoms with Crippen LogP contribution in [0.4, 0.5) is 0 Å². The Morgan fingerprint density at radius 1 is 1.12 bits per heavy atom. The third-order valence-corrected chi connectivity index (χ3v) is 5.41. The summed E-state index contributed by atoms with van der Waals surface area (Å²) in [7, 11) is 0. The Balaban J connectivity index is 1.42. The number of aliphatic hydroxyl groups is 1. The molecular weight excluding hydrogens is 300 g/mol. The second kappa shape index (κ2) is 8.43. The molecule has 0 amide bonds. The van der Waals surface area contributed by atoms with Gasteiger partial charge in [-0.25, -0.2) is 0 Å². The molecule has 0 aromatic heterocycles. The van der Waals surface area contributed by atoms with Crippen LogP contribution in [0.3, 0.4) is 0 Å². The van der Waals surface area contributed by atoms with Gasteiger partial charge in [0.05, 0.1) is 19.3 Å². The Morgan fingerprint density at radius 2 is 1.88 bits per heavy atom. The van der Waals surface area contributed by atoms with Crippen molar-refractivity contribution in [1.82, 2.24) is 9.80 Å². The maximum atomic E-state index is 10.3. The van der Waals surface area contributed by atoms with Gasteiger partial charge in [-0.1, -0.05) is 30.3 Å². The Labute approximate surface area is 146 Å². The smallest absolute Gasteiger partial charge is 0.0900 e. The van der Waals surface area contributed by atoms with Crippen LogP contribution < -0.4 is 0 Å². The molecular formula is C20H32N2O2. The van der Waals surface area contributed by atoms with E-state index in [1.807, 2.05) is 18.2 Å². The summed E-state index contributed by atoms with van der Waals surface area (Å²) in [5, 5.41) is 10.3. The molecule has 24 heavy (non-hydrogen) atoms. The lowest BCUT2D eigenvalue weighted by Gasteiger charge is -2.32. The summed E-state index contributed by atoms with van der Waals surface area (Å²) in [5.41, 5.74) is 1.16. The molecule has 1 aromatic carbocycles. The molecule has 3 atom stereocenters. The molecule has 2 saturated heterocycles. The van der Waals surface area contributed by atoms with Gasteiger partial charge in [0.15, 0.2) is 0 Å². The Morgan fingerprint density at radius 3 is 2.62 bits per heavy atom. The minimum atomic E-state index is -0.405. The number of likely N-dealkylation sites (tertiary alicyclic amines) is 1. The zero-order valence-electron chi connectivity index (χ0n) is 15.1. The standard InChI is InChI=1S/C20H32N2O2/c1-16(2)22-18-8-9-19(22)12-21(11-10-18)13-20(23)15-24-14-17-6-4-3-5-7-17/h3-7,16,18-20,23H,8-15H2,1-2H3. The first-order chi connectivity index (χ1) is 11.6. The minimum absolute atomic E-state index is 0.405. The van der Waals surface area contributed by atoms with Gasteiger partial charge in [0.25, 0.3) is 0 Å². The topological polar surface area (TPSA) is 35.9 Å². The molecule has 0 saturated carbocycles. The van der Waals surface area contributed by atoms with Crippen LogP contribution in [0.1, 0.15) is 38.7 Å². The average Bonchev–Trinajstić information content (AvgIpc) is 2.86. The van der Waals surface area contributed by atoms with Crippen molar-refractivity contribution in [2.75, 3.05) is 26.2 Å². The van der Waals surface area contributed by atoms with E-state index in [9.17, 15) is 5.11 Å². The van der Waals surface area contributed by atoms with E-state index in [0.29, 0.717) is 25.3 Å². The first kappa shape index (κ1) is 17.9. The van der Waals surface area contributed by atoms with Crippen molar-refractivity contribution >= 4 is 0 Å². The number of hydrogen-bond acceptors (Lipinski definition) is 4. The molecule has 3 rings (SSSR count). The number of benzene rings is 1. The third kappa shape index (κ3) is 4.57. The van der Waals surface area contributed by atoms with E-state index in [4.69, 9.17) is 4.74 Å². The first-order valence-corrected chi connectivity index (χ1v) is 9.43. The van der Waals surface area contributed by atoms with Crippen LogP contribution in [0, 0.1) is 0 Å². The fraction of sp³-hybridized carbons (Fsp3) is 0.700. The molecule has 2 aliphatic rings. The lowest BCUT2D eigenvalue weighted by Crippen LogP contribution is -2.44. The van der Waals surface area contributed by atoms with Crippen molar-refractivity contribution < 1.29 is 9.84 Å². The normalized spacial score (nSPS) is 26.7. The predicted octanol–water partition coefficient (Wildman–Crippen LogP) is 2.51. The number of aliphatic hydroxyl groups excluding tert-OH is 1. The molecule has 0 aliphatic carbocycles. The quantitative estimate of drug-likeness (QED) is 0.832. The predicted molar refractivity (Wildman–Crippen MR) is 96.9 cm³/mol. The van der Waals surface area contributed by atoms with E-state index in [2.05, 4.69) is 35.8 Å². The van der Waals surface area contributed by atoms with Crippen LogP contribution in [0.15, 0.2) is 30.3 Å². The lowest BCUT2D eigenvalue weighted by atomic mass is 10.1. The molecule has 1 N–H and O–H groups in total. The van der Waals surface area contributed by atoms with E-state index in [1.54, 1.807) is 0 Å². The van der Waals surface area contributed by atoms with Crippen LogP contribution in [0.25, 0.3) is 0 Å². The van der Waals surface area contributed by atoms with Gasteiger partial charge in [-0.05, 0) is 45.2 Å². The number of ether oxygens (including phenoxy) is 1. The van der Waals surface area contributed by atoms with Crippen LogP contribution >= 0.6 is 0 Å². The number of fused-ring (bicyclic) bond motifs is 2. The van der Waals surface area contributed by atoms with Crippen molar-refractivity contribution in [1.29, 1.82) is 0 Å². The molecule has 0 spiro atoms. The molecule has 4 heteroatoms. The summed E-state index contributed by atoms with van der Waals surface area (Å²) in [6, 6.07) is 12.2. The van der Waals surface area contributed by atoms with Gasteiger partial charge in [-0.3, -0.25) is 9.80 Å². The van der Waals surface area contributed by atoms with Gasteiger partial charge >= 0.3 is 0 Å². The van der Waals surface area contributed by atoms with Gasteiger partial charge in [-0.15, -0.1) is 0 Å². The van der Waals surface area contributed by atoms with Crippen LogP contribution in [0.2, 0.25) is 0 Å². The van der Waals surface area contributed by atoms with E-state index in [1.165, 1.54) is 19.3 Å². The van der Waals surface area contributed by atoms with E-state index in [-0.39, 0.29) is 0 Å². The van der Waals surface area contributed by atoms with E-state index < -0.39 is 6.10 Å². The number of nitrogens with zero attached hydrogens (tertiary/aromatic N) is 2. The molecule has 2 aliphatic heterocycles. The van der Waals surface area contributed by atoms with Gasteiger partial charge in [0.2, 0.25) is 0 Å². The molecule has 3 unspecified atom stereocenters. The maximum absolute atomic E-state index is 10.3.